The highest BCUT2D eigenvalue weighted by atomic mass is 35.5. The van der Waals surface area contributed by atoms with Gasteiger partial charge in [0, 0.05) is 16.8 Å². The van der Waals surface area contributed by atoms with Gasteiger partial charge in [-0.05, 0) is 75.7 Å². The Morgan fingerprint density at radius 3 is 2.26 bits per heavy atom. The smallest absolute Gasteiger partial charge is 0.265 e. The number of benzene rings is 2. The van der Waals surface area contributed by atoms with Crippen LogP contribution >= 0.6 is 11.6 Å². The number of ether oxygens (including phenoxy) is 1. The minimum Gasteiger partial charge on any atom is -0.481 e. The van der Waals surface area contributed by atoms with Crippen LogP contribution < -0.4 is 14.8 Å². The lowest BCUT2D eigenvalue weighted by Crippen LogP contribution is -2.31. The van der Waals surface area contributed by atoms with Crippen LogP contribution in [0.25, 0.3) is 0 Å². The number of hydrogen-bond acceptors (Lipinski definition) is 4. The van der Waals surface area contributed by atoms with Crippen molar-refractivity contribution in [3.63, 3.8) is 0 Å². The van der Waals surface area contributed by atoms with E-state index in [1.807, 2.05) is 6.92 Å². The van der Waals surface area contributed by atoms with Crippen molar-refractivity contribution in [2.75, 3.05) is 5.32 Å². The number of hydrogen-bond donors (Lipinski definition) is 2. The summed E-state index contributed by atoms with van der Waals surface area (Å²) in [6, 6.07) is 10.9. The molecular weight excluding hydrogens is 388 g/mol. The highest BCUT2D eigenvalue weighted by molar-refractivity contribution is 7.89. The number of carbonyl (C=O) groups is 1. The number of carbonyl (C=O) groups excluding carboxylic acids is 1. The molecule has 2 rings (SSSR count). The van der Waals surface area contributed by atoms with Crippen LogP contribution in [0.2, 0.25) is 5.02 Å². The van der Waals surface area contributed by atoms with Crippen LogP contribution in [-0.4, -0.2) is 26.5 Å². The lowest BCUT2D eigenvalue weighted by atomic mass is 10.2. The van der Waals surface area contributed by atoms with E-state index in [9.17, 15) is 13.2 Å². The van der Waals surface area contributed by atoms with Gasteiger partial charge in [-0.3, -0.25) is 4.79 Å². The van der Waals surface area contributed by atoms with Gasteiger partial charge in [0.1, 0.15) is 5.75 Å². The van der Waals surface area contributed by atoms with Crippen molar-refractivity contribution in [2.24, 2.45) is 0 Å². The van der Waals surface area contributed by atoms with Crippen molar-refractivity contribution in [3.05, 3.63) is 53.1 Å². The third-order valence-corrected chi connectivity index (χ3v) is 5.54. The van der Waals surface area contributed by atoms with Crippen LogP contribution in [0.15, 0.2) is 47.4 Å². The van der Waals surface area contributed by atoms with E-state index in [4.69, 9.17) is 16.3 Å². The molecule has 0 saturated heterocycles. The molecule has 0 bridgehead atoms. The average Bonchev–Trinajstić information content (AvgIpc) is 2.56. The van der Waals surface area contributed by atoms with Gasteiger partial charge in [0.05, 0.1) is 4.90 Å². The van der Waals surface area contributed by atoms with E-state index in [-0.39, 0.29) is 16.8 Å². The molecule has 6 nitrogen and oxygen atoms in total. The Morgan fingerprint density at radius 1 is 1.07 bits per heavy atom. The zero-order valence-corrected chi connectivity index (χ0v) is 17.2. The van der Waals surface area contributed by atoms with Gasteiger partial charge in [0.25, 0.3) is 5.91 Å². The van der Waals surface area contributed by atoms with Gasteiger partial charge < -0.3 is 10.1 Å². The zero-order valence-electron chi connectivity index (χ0n) is 15.6. The molecule has 2 aromatic rings. The van der Waals surface area contributed by atoms with Crippen LogP contribution in [0.4, 0.5) is 5.69 Å². The second-order valence-electron chi connectivity index (χ2n) is 6.46. The monoisotopic (exact) mass is 410 g/mol. The van der Waals surface area contributed by atoms with Gasteiger partial charge in [-0.15, -0.1) is 0 Å². The quantitative estimate of drug-likeness (QED) is 0.728. The van der Waals surface area contributed by atoms with Gasteiger partial charge in [0.15, 0.2) is 6.10 Å². The molecule has 0 aromatic heterocycles. The summed E-state index contributed by atoms with van der Waals surface area (Å²) in [5, 5.41) is 3.30. The number of nitrogens with one attached hydrogen (secondary N) is 2. The summed E-state index contributed by atoms with van der Waals surface area (Å²) < 4.78 is 32.4. The molecule has 0 heterocycles. The van der Waals surface area contributed by atoms with Crippen molar-refractivity contribution in [3.8, 4) is 5.75 Å². The average molecular weight is 411 g/mol. The molecule has 0 spiro atoms. The van der Waals surface area contributed by atoms with E-state index < -0.39 is 16.1 Å². The van der Waals surface area contributed by atoms with E-state index in [1.165, 1.54) is 24.3 Å². The first-order valence-electron chi connectivity index (χ1n) is 8.44. The summed E-state index contributed by atoms with van der Waals surface area (Å²) in [5.41, 5.74) is 1.31. The Labute approximate surface area is 164 Å². The highest BCUT2D eigenvalue weighted by Crippen LogP contribution is 2.23. The highest BCUT2D eigenvalue weighted by Gasteiger charge is 2.18. The molecule has 0 saturated carbocycles. The van der Waals surface area contributed by atoms with Crippen molar-refractivity contribution in [1.82, 2.24) is 4.72 Å². The molecule has 146 valence electrons. The van der Waals surface area contributed by atoms with Crippen molar-refractivity contribution < 1.29 is 17.9 Å². The molecule has 0 fully saturated rings. The van der Waals surface area contributed by atoms with Crippen molar-refractivity contribution in [1.29, 1.82) is 0 Å². The van der Waals surface area contributed by atoms with Gasteiger partial charge in [-0.25, -0.2) is 13.1 Å². The summed E-state index contributed by atoms with van der Waals surface area (Å²) in [7, 11) is -3.57. The minimum absolute atomic E-state index is 0.135. The number of sulfonamides is 1. The Kier molecular flexibility index (Phi) is 6.86. The maximum absolute atomic E-state index is 12.3. The molecule has 2 aromatic carbocycles. The van der Waals surface area contributed by atoms with E-state index >= 15 is 0 Å². The van der Waals surface area contributed by atoms with Gasteiger partial charge in [-0.2, -0.15) is 0 Å². The molecule has 1 amide bonds. The van der Waals surface area contributed by atoms with E-state index in [0.717, 1.165) is 5.56 Å². The van der Waals surface area contributed by atoms with Crippen LogP contribution in [0.5, 0.6) is 5.75 Å². The molecule has 0 aliphatic heterocycles. The Morgan fingerprint density at radius 2 is 1.70 bits per heavy atom. The maximum atomic E-state index is 12.3. The maximum Gasteiger partial charge on any atom is 0.265 e. The second kappa shape index (κ2) is 8.73. The van der Waals surface area contributed by atoms with E-state index in [0.29, 0.717) is 16.5 Å². The zero-order chi connectivity index (χ0) is 20.2. The normalized spacial score (nSPS) is 12.7. The van der Waals surface area contributed by atoms with Gasteiger partial charge >= 0.3 is 0 Å². The second-order valence-corrected chi connectivity index (χ2v) is 8.61. The predicted octanol–water partition coefficient (Wildman–Crippen LogP) is 3.74. The first-order chi connectivity index (χ1) is 12.6. The Bertz CT molecular complexity index is 912. The predicted molar refractivity (Wildman–Crippen MR) is 107 cm³/mol. The fourth-order valence-electron chi connectivity index (χ4n) is 2.33. The molecule has 1 unspecified atom stereocenters. The molecule has 1 atom stereocenters. The van der Waals surface area contributed by atoms with Gasteiger partial charge in [-0.1, -0.05) is 11.6 Å². The lowest BCUT2D eigenvalue weighted by molar-refractivity contribution is -0.122. The number of anilines is 1. The van der Waals surface area contributed by atoms with Crippen LogP contribution in [0.1, 0.15) is 26.3 Å². The largest absolute Gasteiger partial charge is 0.481 e. The standard InChI is InChI=1S/C19H23ClN2O4S/c1-12(2)22-27(24,25)17-8-6-16(7-9-17)21-19(23)14(4)26-18-10-5-15(20)11-13(18)3/h5-12,14,22H,1-4H3,(H,21,23). The van der Waals surface area contributed by atoms with Crippen molar-refractivity contribution >= 4 is 33.2 Å². The van der Waals surface area contributed by atoms with E-state index in [2.05, 4.69) is 10.0 Å². The Hall–Kier alpha value is -2.09. The molecule has 2 N–H and O–H groups in total. The summed E-state index contributed by atoms with van der Waals surface area (Å²) in [6.07, 6.45) is -0.740. The SMILES string of the molecule is Cc1cc(Cl)ccc1OC(C)C(=O)Nc1ccc(S(=O)(=O)NC(C)C)cc1. The molecule has 8 heteroatoms. The molecule has 0 aliphatic carbocycles. The fourth-order valence-corrected chi connectivity index (χ4v) is 3.81. The number of aryl methyl sites for hydroxylation is 1. The lowest BCUT2D eigenvalue weighted by Gasteiger charge is -2.16. The van der Waals surface area contributed by atoms with Crippen molar-refractivity contribution in [2.45, 2.75) is 44.7 Å². The summed E-state index contributed by atoms with van der Waals surface area (Å²) in [5.74, 6) is 0.225. The first kappa shape index (κ1) is 21.2. The third-order valence-electron chi connectivity index (χ3n) is 3.63. The molecule has 27 heavy (non-hydrogen) atoms. The van der Waals surface area contributed by atoms with Crippen LogP contribution in [0.3, 0.4) is 0 Å². The van der Waals surface area contributed by atoms with Crippen LogP contribution in [-0.2, 0) is 14.8 Å². The number of rotatable bonds is 7. The number of amides is 1. The topological polar surface area (TPSA) is 84.5 Å². The number of halogens is 1. The third kappa shape index (κ3) is 5.95. The summed E-state index contributed by atoms with van der Waals surface area (Å²) >= 11 is 5.91. The molecular formula is C19H23ClN2O4S. The molecule has 0 aliphatic rings. The first-order valence-corrected chi connectivity index (χ1v) is 10.3. The van der Waals surface area contributed by atoms with Gasteiger partial charge in [0.2, 0.25) is 10.0 Å². The minimum atomic E-state index is -3.57. The fraction of sp³-hybridized carbons (Fsp3) is 0.316. The Balaban J connectivity index is 2.02. The van der Waals surface area contributed by atoms with E-state index in [1.54, 1.807) is 39.0 Å². The summed E-state index contributed by atoms with van der Waals surface area (Å²) in [4.78, 5) is 12.5. The summed E-state index contributed by atoms with van der Waals surface area (Å²) in [6.45, 7) is 6.97. The van der Waals surface area contributed by atoms with Crippen LogP contribution in [0, 0.1) is 6.92 Å². The molecule has 0 radical (unpaired) electrons.